The fraction of sp³-hybridized carbons (Fsp3) is 0.300. The van der Waals surface area contributed by atoms with Crippen LogP contribution < -0.4 is 4.74 Å². The second-order valence-corrected chi connectivity index (χ2v) is 8.78. The molecule has 0 radical (unpaired) electrons. The molecule has 0 atom stereocenters. The first-order valence-corrected chi connectivity index (χ1v) is 10.7. The summed E-state index contributed by atoms with van der Waals surface area (Å²) in [5, 5.41) is -0.147. The van der Waals surface area contributed by atoms with Crippen molar-refractivity contribution in [2.24, 2.45) is 0 Å². The first-order valence-electron chi connectivity index (χ1n) is 8.80. The van der Waals surface area contributed by atoms with Gasteiger partial charge in [-0.15, -0.1) is 0 Å². The number of aromatic nitrogens is 2. The Kier molecular flexibility index (Phi) is 5.42. The second-order valence-electron chi connectivity index (χ2n) is 6.87. The zero-order valence-electron chi connectivity index (χ0n) is 16.3. The lowest BCUT2D eigenvalue weighted by atomic mass is 10.1. The van der Waals surface area contributed by atoms with Crippen molar-refractivity contribution in [3.05, 3.63) is 59.4 Å². The molecule has 1 amide bonds. The molecule has 0 fully saturated rings. The normalized spacial score (nSPS) is 11.6. The number of hydrogen-bond donors (Lipinski definition) is 0. The predicted molar refractivity (Wildman–Crippen MR) is 107 cm³/mol. The van der Waals surface area contributed by atoms with Crippen LogP contribution in [-0.4, -0.2) is 55.1 Å². The summed E-state index contributed by atoms with van der Waals surface area (Å²) >= 11 is 0. The number of fused-ring (bicyclic) bond motifs is 1. The van der Waals surface area contributed by atoms with Crippen molar-refractivity contribution < 1.29 is 17.9 Å². The monoisotopic (exact) mass is 401 g/mol. The third kappa shape index (κ3) is 4.17. The van der Waals surface area contributed by atoms with Crippen molar-refractivity contribution in [3.8, 4) is 5.75 Å². The van der Waals surface area contributed by atoms with E-state index in [9.17, 15) is 13.2 Å². The van der Waals surface area contributed by atoms with Crippen LogP contribution in [0.1, 0.15) is 21.6 Å². The molecule has 0 aliphatic carbocycles. The molecule has 0 bridgehead atoms. The molecule has 3 aromatic rings. The largest absolute Gasteiger partial charge is 0.492 e. The standard InChI is InChI=1S/C20H23N3O4S/c1-14-11-15(2)13-16(12-14)27-10-9-22(3)19(24)18-17-7-5-6-8-23(17)20(21-18)28(4,25)26/h5-8,11-13H,9-10H2,1-4H3. The number of nitrogens with zero attached hydrogens (tertiary/aromatic N) is 3. The summed E-state index contributed by atoms with van der Waals surface area (Å²) in [5.41, 5.74) is 2.78. The fourth-order valence-corrected chi connectivity index (χ4v) is 3.80. The van der Waals surface area contributed by atoms with Gasteiger partial charge in [-0.1, -0.05) is 12.1 Å². The number of rotatable bonds is 6. The summed E-state index contributed by atoms with van der Waals surface area (Å²) in [4.78, 5) is 18.4. The van der Waals surface area contributed by atoms with Crippen LogP contribution in [0.5, 0.6) is 5.75 Å². The van der Waals surface area contributed by atoms with Crippen LogP contribution in [0.25, 0.3) is 5.52 Å². The number of hydrogen-bond acceptors (Lipinski definition) is 5. The maximum atomic E-state index is 12.8. The Morgan fingerprint density at radius 2 is 1.86 bits per heavy atom. The number of amides is 1. The van der Waals surface area contributed by atoms with Gasteiger partial charge in [-0.05, 0) is 49.2 Å². The van der Waals surface area contributed by atoms with Crippen molar-refractivity contribution >= 4 is 21.3 Å². The molecule has 0 saturated heterocycles. The first-order chi connectivity index (χ1) is 13.2. The van der Waals surface area contributed by atoms with E-state index in [-0.39, 0.29) is 16.8 Å². The molecule has 0 spiro atoms. The third-order valence-electron chi connectivity index (χ3n) is 4.29. The number of imidazole rings is 1. The molecule has 7 nitrogen and oxygen atoms in total. The second kappa shape index (κ2) is 7.63. The highest BCUT2D eigenvalue weighted by Crippen LogP contribution is 2.19. The van der Waals surface area contributed by atoms with Gasteiger partial charge in [0.2, 0.25) is 15.0 Å². The van der Waals surface area contributed by atoms with Gasteiger partial charge in [0.05, 0.1) is 12.1 Å². The smallest absolute Gasteiger partial charge is 0.274 e. The van der Waals surface area contributed by atoms with Crippen LogP contribution in [0.3, 0.4) is 0 Å². The Morgan fingerprint density at radius 1 is 1.18 bits per heavy atom. The highest BCUT2D eigenvalue weighted by molar-refractivity contribution is 7.90. The molecule has 0 unspecified atom stereocenters. The molecular formula is C20H23N3O4S. The molecule has 0 aliphatic heterocycles. The lowest BCUT2D eigenvalue weighted by Gasteiger charge is -2.17. The molecule has 0 aliphatic rings. The van der Waals surface area contributed by atoms with Crippen LogP contribution in [0.15, 0.2) is 47.8 Å². The third-order valence-corrected chi connectivity index (χ3v) is 5.24. The molecule has 3 rings (SSSR count). The topological polar surface area (TPSA) is 81.0 Å². The van der Waals surface area contributed by atoms with E-state index in [0.29, 0.717) is 18.7 Å². The average Bonchev–Trinajstić information content (AvgIpc) is 3.00. The number of sulfone groups is 1. The zero-order chi connectivity index (χ0) is 20.5. The molecule has 2 aromatic heterocycles. The lowest BCUT2D eigenvalue weighted by molar-refractivity contribution is 0.0770. The lowest BCUT2D eigenvalue weighted by Crippen LogP contribution is -2.31. The molecule has 0 saturated carbocycles. The molecule has 1 aromatic carbocycles. The van der Waals surface area contributed by atoms with Gasteiger partial charge in [0.25, 0.3) is 5.91 Å². The zero-order valence-corrected chi connectivity index (χ0v) is 17.2. The predicted octanol–water partition coefficient (Wildman–Crippen LogP) is 2.51. The summed E-state index contributed by atoms with van der Waals surface area (Å²) in [6.45, 7) is 4.65. The summed E-state index contributed by atoms with van der Waals surface area (Å²) in [6.07, 6.45) is 2.66. The maximum Gasteiger partial charge on any atom is 0.274 e. The van der Waals surface area contributed by atoms with E-state index in [0.717, 1.165) is 23.1 Å². The Morgan fingerprint density at radius 3 is 2.50 bits per heavy atom. The maximum absolute atomic E-state index is 12.8. The van der Waals surface area contributed by atoms with Crippen molar-refractivity contribution in [2.75, 3.05) is 26.5 Å². The summed E-state index contributed by atoms with van der Waals surface area (Å²) < 4.78 is 31.2. The van der Waals surface area contributed by atoms with Crippen molar-refractivity contribution in [1.29, 1.82) is 0 Å². The van der Waals surface area contributed by atoms with Crippen molar-refractivity contribution in [1.82, 2.24) is 14.3 Å². The van der Waals surface area contributed by atoms with Crippen LogP contribution in [0, 0.1) is 13.8 Å². The number of likely N-dealkylation sites (N-methyl/N-ethyl adjacent to an activating group) is 1. The molecular weight excluding hydrogens is 378 g/mol. The Bertz CT molecular complexity index is 1120. The Hall–Kier alpha value is -2.87. The minimum atomic E-state index is -3.57. The highest BCUT2D eigenvalue weighted by Gasteiger charge is 2.24. The van der Waals surface area contributed by atoms with E-state index in [4.69, 9.17) is 4.74 Å². The quantitative estimate of drug-likeness (QED) is 0.634. The summed E-state index contributed by atoms with van der Waals surface area (Å²) in [6, 6.07) is 11.1. The highest BCUT2D eigenvalue weighted by atomic mass is 32.2. The minimum absolute atomic E-state index is 0.106. The Labute approximate surface area is 164 Å². The minimum Gasteiger partial charge on any atom is -0.492 e. The molecule has 8 heteroatoms. The fourth-order valence-electron chi connectivity index (χ4n) is 3.03. The number of ether oxygens (including phenoxy) is 1. The van der Waals surface area contributed by atoms with Gasteiger partial charge in [0.15, 0.2) is 5.69 Å². The van der Waals surface area contributed by atoms with Crippen LogP contribution in [0.4, 0.5) is 0 Å². The number of carbonyl (C=O) groups excluding carboxylic acids is 1. The average molecular weight is 401 g/mol. The summed E-state index contributed by atoms with van der Waals surface area (Å²) in [7, 11) is -1.93. The first kappa shape index (κ1) is 19.9. The molecule has 2 heterocycles. The molecule has 28 heavy (non-hydrogen) atoms. The SMILES string of the molecule is Cc1cc(C)cc(OCCN(C)C(=O)c2nc(S(C)(=O)=O)n3ccccc23)c1. The van der Waals surface area contributed by atoms with E-state index in [1.54, 1.807) is 31.4 Å². The van der Waals surface area contributed by atoms with Crippen LogP contribution >= 0.6 is 0 Å². The Balaban J connectivity index is 1.76. The number of benzene rings is 1. The number of carbonyl (C=O) groups is 1. The van der Waals surface area contributed by atoms with Gasteiger partial charge in [-0.25, -0.2) is 13.4 Å². The van der Waals surface area contributed by atoms with E-state index in [1.165, 1.54) is 9.30 Å². The van der Waals surface area contributed by atoms with Crippen LogP contribution in [0.2, 0.25) is 0 Å². The van der Waals surface area contributed by atoms with Gasteiger partial charge < -0.3 is 9.64 Å². The van der Waals surface area contributed by atoms with Crippen molar-refractivity contribution in [3.63, 3.8) is 0 Å². The molecule has 0 N–H and O–H groups in total. The van der Waals surface area contributed by atoms with Gasteiger partial charge >= 0.3 is 0 Å². The summed E-state index contributed by atoms with van der Waals surface area (Å²) in [5.74, 6) is 0.396. The van der Waals surface area contributed by atoms with E-state index in [1.807, 2.05) is 26.0 Å². The van der Waals surface area contributed by atoms with E-state index in [2.05, 4.69) is 11.1 Å². The van der Waals surface area contributed by atoms with Crippen LogP contribution in [-0.2, 0) is 9.84 Å². The molecule has 148 valence electrons. The van der Waals surface area contributed by atoms with Gasteiger partial charge in [-0.3, -0.25) is 9.20 Å². The van der Waals surface area contributed by atoms with Gasteiger partial charge in [-0.2, -0.15) is 0 Å². The van der Waals surface area contributed by atoms with Crippen molar-refractivity contribution in [2.45, 2.75) is 19.0 Å². The van der Waals surface area contributed by atoms with Gasteiger partial charge in [0.1, 0.15) is 12.4 Å². The van der Waals surface area contributed by atoms with Gasteiger partial charge in [0, 0.05) is 19.5 Å². The van der Waals surface area contributed by atoms with E-state index >= 15 is 0 Å². The van der Waals surface area contributed by atoms with E-state index < -0.39 is 9.84 Å². The number of pyridine rings is 1. The number of aryl methyl sites for hydroxylation is 2.